The Morgan fingerprint density at radius 1 is 1.35 bits per heavy atom. The van der Waals surface area contributed by atoms with E-state index in [9.17, 15) is 24.3 Å². The number of rotatable bonds is 3. The van der Waals surface area contributed by atoms with Crippen molar-refractivity contribution in [3.8, 4) is 17.5 Å². The van der Waals surface area contributed by atoms with Crippen LogP contribution in [0.25, 0.3) is 16.6 Å². The van der Waals surface area contributed by atoms with Crippen molar-refractivity contribution in [2.45, 2.75) is 25.8 Å². The standard InChI is InChI=1S/C22H19FN4O4/c1-12-8-13(11-24)9-15-19(12)25-20(17-4-3-7-26(17)22(29)30)27(21(15)28)14-5-6-18(31-2)16(23)10-14/h5-6,8-10,17H,3-4,7H2,1-2H3,(H,29,30)/t17-/m1/s1. The number of ether oxygens (including phenoxy) is 1. The summed E-state index contributed by atoms with van der Waals surface area (Å²) in [5.74, 6) is -0.432. The fourth-order valence-electron chi connectivity index (χ4n) is 4.08. The highest BCUT2D eigenvalue weighted by molar-refractivity contribution is 5.83. The number of benzene rings is 2. The van der Waals surface area contributed by atoms with Crippen LogP contribution in [-0.4, -0.2) is 39.3 Å². The summed E-state index contributed by atoms with van der Waals surface area (Å²) in [7, 11) is 1.34. The fraction of sp³-hybridized carbons (Fsp3) is 0.273. The zero-order valence-corrected chi connectivity index (χ0v) is 16.9. The summed E-state index contributed by atoms with van der Waals surface area (Å²) in [5.41, 5.74) is 1.02. The van der Waals surface area contributed by atoms with Gasteiger partial charge >= 0.3 is 6.09 Å². The number of nitriles is 1. The zero-order valence-electron chi connectivity index (χ0n) is 16.9. The molecule has 3 aromatic rings. The number of nitrogens with zero attached hydrogens (tertiary/aromatic N) is 4. The van der Waals surface area contributed by atoms with Gasteiger partial charge in [-0.05, 0) is 49.6 Å². The highest BCUT2D eigenvalue weighted by Crippen LogP contribution is 2.33. The molecular formula is C22H19FN4O4. The van der Waals surface area contributed by atoms with Crippen molar-refractivity contribution >= 4 is 17.0 Å². The van der Waals surface area contributed by atoms with Crippen LogP contribution in [0.2, 0.25) is 0 Å². The first kappa shape index (κ1) is 20.3. The Hall–Kier alpha value is -3.93. The third-order valence-electron chi connectivity index (χ3n) is 5.51. The molecule has 0 radical (unpaired) electrons. The molecule has 0 spiro atoms. The Bertz CT molecular complexity index is 1310. The van der Waals surface area contributed by atoms with Crippen molar-refractivity contribution in [1.82, 2.24) is 14.5 Å². The third-order valence-corrected chi connectivity index (χ3v) is 5.51. The number of halogens is 1. The van der Waals surface area contributed by atoms with Crippen LogP contribution in [0.15, 0.2) is 35.1 Å². The summed E-state index contributed by atoms with van der Waals surface area (Å²) in [6.45, 7) is 2.05. The molecule has 1 amide bonds. The number of fused-ring (bicyclic) bond motifs is 1. The van der Waals surface area contributed by atoms with Crippen molar-refractivity contribution in [1.29, 1.82) is 5.26 Å². The van der Waals surface area contributed by atoms with Crippen LogP contribution in [0.4, 0.5) is 9.18 Å². The molecule has 31 heavy (non-hydrogen) atoms. The Kier molecular flexibility index (Phi) is 5.07. The van der Waals surface area contributed by atoms with E-state index in [-0.39, 0.29) is 22.6 Å². The third kappa shape index (κ3) is 3.36. The average Bonchev–Trinajstić information content (AvgIpc) is 3.24. The maximum atomic E-state index is 14.5. The van der Waals surface area contributed by atoms with Crippen molar-refractivity contribution in [3.05, 3.63) is 63.5 Å². The number of methoxy groups -OCH3 is 1. The Morgan fingerprint density at radius 2 is 2.13 bits per heavy atom. The van der Waals surface area contributed by atoms with Gasteiger partial charge in [0, 0.05) is 12.6 Å². The Balaban J connectivity index is 2.07. The molecule has 1 aromatic heterocycles. The van der Waals surface area contributed by atoms with Gasteiger partial charge in [-0.2, -0.15) is 5.26 Å². The van der Waals surface area contributed by atoms with E-state index >= 15 is 0 Å². The minimum absolute atomic E-state index is 0.0164. The molecule has 1 aliphatic heterocycles. The number of aryl methyl sites for hydroxylation is 1. The number of likely N-dealkylation sites (tertiary alicyclic amines) is 1. The average molecular weight is 422 g/mol. The highest BCUT2D eigenvalue weighted by Gasteiger charge is 2.34. The normalized spacial score (nSPS) is 15.8. The molecule has 0 unspecified atom stereocenters. The molecule has 4 rings (SSSR count). The van der Waals surface area contributed by atoms with Crippen LogP contribution < -0.4 is 10.3 Å². The second kappa shape index (κ2) is 7.72. The number of amides is 1. The van der Waals surface area contributed by atoms with Crippen LogP contribution in [0, 0.1) is 24.1 Å². The lowest BCUT2D eigenvalue weighted by atomic mass is 10.1. The molecule has 9 heteroatoms. The van der Waals surface area contributed by atoms with E-state index in [4.69, 9.17) is 4.74 Å². The zero-order chi connectivity index (χ0) is 22.3. The van der Waals surface area contributed by atoms with Gasteiger partial charge in [0.25, 0.3) is 5.56 Å². The van der Waals surface area contributed by atoms with Crippen molar-refractivity contribution in [2.24, 2.45) is 0 Å². The van der Waals surface area contributed by atoms with E-state index in [1.807, 2.05) is 6.07 Å². The first-order chi connectivity index (χ1) is 14.8. The molecule has 1 aliphatic rings. The number of hydrogen-bond acceptors (Lipinski definition) is 5. The maximum absolute atomic E-state index is 14.5. The molecule has 158 valence electrons. The summed E-state index contributed by atoms with van der Waals surface area (Å²) in [6, 6.07) is 8.50. The molecular weight excluding hydrogens is 403 g/mol. The smallest absolute Gasteiger partial charge is 0.407 e. The number of carbonyl (C=O) groups is 1. The van der Waals surface area contributed by atoms with Crippen molar-refractivity contribution in [3.63, 3.8) is 0 Å². The first-order valence-electron chi connectivity index (χ1n) is 9.66. The number of carboxylic acid groups (broad SMARTS) is 1. The summed E-state index contributed by atoms with van der Waals surface area (Å²) in [5, 5.41) is 19.1. The van der Waals surface area contributed by atoms with Gasteiger partial charge in [-0.3, -0.25) is 14.3 Å². The molecule has 0 bridgehead atoms. The largest absolute Gasteiger partial charge is 0.494 e. The molecule has 1 saturated heterocycles. The molecule has 8 nitrogen and oxygen atoms in total. The van der Waals surface area contributed by atoms with Gasteiger partial charge in [0.15, 0.2) is 11.6 Å². The molecule has 2 heterocycles. The molecule has 0 saturated carbocycles. The molecule has 2 aromatic carbocycles. The quantitative estimate of drug-likeness (QED) is 0.692. The van der Waals surface area contributed by atoms with Gasteiger partial charge in [-0.15, -0.1) is 0 Å². The van der Waals surface area contributed by atoms with E-state index in [0.29, 0.717) is 36.0 Å². The summed E-state index contributed by atoms with van der Waals surface area (Å²) < 4.78 is 20.7. The number of hydrogen-bond donors (Lipinski definition) is 1. The van der Waals surface area contributed by atoms with Gasteiger partial charge in [0.2, 0.25) is 0 Å². The number of aromatic nitrogens is 2. The summed E-state index contributed by atoms with van der Waals surface area (Å²) in [6.07, 6.45) is -0.00673. The monoisotopic (exact) mass is 422 g/mol. The SMILES string of the molecule is COc1ccc(-n2c([C@H]3CCCN3C(=O)O)nc3c(C)cc(C#N)cc3c2=O)cc1F. The lowest BCUT2D eigenvalue weighted by molar-refractivity contribution is 0.138. The van der Waals surface area contributed by atoms with Gasteiger partial charge in [-0.25, -0.2) is 14.2 Å². The van der Waals surface area contributed by atoms with E-state index in [1.54, 1.807) is 13.0 Å². The topological polar surface area (TPSA) is 108 Å². The molecule has 0 aliphatic carbocycles. The van der Waals surface area contributed by atoms with Crippen LogP contribution in [0.5, 0.6) is 5.75 Å². The molecule has 1 N–H and O–H groups in total. The van der Waals surface area contributed by atoms with Gasteiger partial charge in [0.1, 0.15) is 5.82 Å². The predicted octanol–water partition coefficient (Wildman–Crippen LogP) is 3.53. The second-order valence-electron chi connectivity index (χ2n) is 7.36. The van der Waals surface area contributed by atoms with E-state index in [1.165, 1.54) is 34.8 Å². The van der Waals surface area contributed by atoms with Gasteiger partial charge in [-0.1, -0.05) is 0 Å². The minimum atomic E-state index is -1.11. The predicted molar refractivity (Wildman–Crippen MR) is 110 cm³/mol. The van der Waals surface area contributed by atoms with Crippen LogP contribution in [0.1, 0.15) is 35.8 Å². The second-order valence-corrected chi connectivity index (χ2v) is 7.36. The molecule has 1 fully saturated rings. The van der Waals surface area contributed by atoms with E-state index in [0.717, 1.165) is 6.07 Å². The molecule has 1 atom stereocenters. The van der Waals surface area contributed by atoms with Crippen LogP contribution in [-0.2, 0) is 0 Å². The highest BCUT2D eigenvalue weighted by atomic mass is 19.1. The first-order valence-corrected chi connectivity index (χ1v) is 9.66. The maximum Gasteiger partial charge on any atom is 0.407 e. The summed E-state index contributed by atoms with van der Waals surface area (Å²) >= 11 is 0. The van der Waals surface area contributed by atoms with Gasteiger partial charge in [0.05, 0.1) is 41.4 Å². The minimum Gasteiger partial charge on any atom is -0.494 e. The lowest BCUT2D eigenvalue weighted by Gasteiger charge is -2.25. The Labute approximate surface area is 176 Å². The van der Waals surface area contributed by atoms with Crippen LogP contribution in [0.3, 0.4) is 0 Å². The Morgan fingerprint density at radius 3 is 2.77 bits per heavy atom. The lowest BCUT2D eigenvalue weighted by Crippen LogP contribution is -2.34. The van der Waals surface area contributed by atoms with E-state index in [2.05, 4.69) is 4.98 Å². The van der Waals surface area contributed by atoms with Crippen LogP contribution >= 0.6 is 0 Å². The van der Waals surface area contributed by atoms with Crippen molar-refractivity contribution in [2.75, 3.05) is 13.7 Å². The van der Waals surface area contributed by atoms with E-state index < -0.39 is 23.5 Å². The van der Waals surface area contributed by atoms with Gasteiger partial charge < -0.3 is 9.84 Å². The fourth-order valence-corrected chi connectivity index (χ4v) is 4.08. The summed E-state index contributed by atoms with van der Waals surface area (Å²) in [4.78, 5) is 31.2. The van der Waals surface area contributed by atoms with Crippen molar-refractivity contribution < 1.29 is 19.0 Å².